The molecule has 0 aliphatic carbocycles. The van der Waals surface area contributed by atoms with Gasteiger partial charge in [0, 0.05) is 32.6 Å². The summed E-state index contributed by atoms with van der Waals surface area (Å²) in [7, 11) is 0. The number of hydrogen-bond donors (Lipinski definition) is 0. The van der Waals surface area contributed by atoms with E-state index in [0.29, 0.717) is 45.6 Å². The highest BCUT2D eigenvalue weighted by Crippen LogP contribution is 2.13. The van der Waals surface area contributed by atoms with Crippen molar-refractivity contribution in [1.29, 1.82) is 0 Å². The Balaban J connectivity index is 1.37. The molecule has 0 N–H and O–H groups in total. The SMILES string of the molecule is Cc1ccc(F)c(C(=O)CN2CCN(C(=O)CCCOc3ccccc3)CC2)c1. The van der Waals surface area contributed by atoms with E-state index in [1.165, 1.54) is 6.07 Å². The molecule has 154 valence electrons. The van der Waals surface area contributed by atoms with Crippen LogP contribution in [0, 0.1) is 12.7 Å². The molecule has 0 atom stereocenters. The minimum absolute atomic E-state index is 0.109. The topological polar surface area (TPSA) is 49.9 Å². The third kappa shape index (κ3) is 6.12. The zero-order valence-corrected chi connectivity index (χ0v) is 16.8. The summed E-state index contributed by atoms with van der Waals surface area (Å²) in [6, 6.07) is 14.1. The van der Waals surface area contributed by atoms with E-state index < -0.39 is 5.82 Å². The van der Waals surface area contributed by atoms with Gasteiger partial charge in [0.05, 0.1) is 18.7 Å². The summed E-state index contributed by atoms with van der Waals surface area (Å²) in [5.74, 6) is 0.219. The molecule has 1 saturated heterocycles. The number of rotatable bonds is 8. The maximum absolute atomic E-state index is 13.9. The lowest BCUT2D eigenvalue weighted by Gasteiger charge is -2.34. The number of para-hydroxylation sites is 1. The molecule has 2 aromatic rings. The van der Waals surface area contributed by atoms with Crippen LogP contribution in [-0.2, 0) is 4.79 Å². The second kappa shape index (κ2) is 10.2. The number of carbonyl (C=O) groups is 2. The number of piperazine rings is 1. The predicted molar refractivity (Wildman–Crippen MR) is 110 cm³/mol. The van der Waals surface area contributed by atoms with Crippen LogP contribution in [0.2, 0.25) is 0 Å². The Morgan fingerprint density at radius 3 is 2.48 bits per heavy atom. The Labute approximate surface area is 171 Å². The van der Waals surface area contributed by atoms with Crippen LogP contribution in [0.3, 0.4) is 0 Å². The lowest BCUT2D eigenvalue weighted by Crippen LogP contribution is -2.50. The first-order valence-corrected chi connectivity index (χ1v) is 10.0. The smallest absolute Gasteiger partial charge is 0.222 e. The van der Waals surface area contributed by atoms with Crippen LogP contribution >= 0.6 is 0 Å². The molecule has 1 aliphatic rings. The molecule has 0 radical (unpaired) electrons. The number of amides is 1. The highest BCUT2D eigenvalue weighted by molar-refractivity contribution is 5.98. The van der Waals surface area contributed by atoms with Crippen molar-refractivity contribution in [3.05, 3.63) is 65.5 Å². The monoisotopic (exact) mass is 398 g/mol. The number of ether oxygens (including phenoxy) is 1. The summed E-state index contributed by atoms with van der Waals surface area (Å²) >= 11 is 0. The second-order valence-corrected chi connectivity index (χ2v) is 7.33. The maximum Gasteiger partial charge on any atom is 0.222 e. The van der Waals surface area contributed by atoms with E-state index in [4.69, 9.17) is 4.74 Å². The molecule has 1 heterocycles. The van der Waals surface area contributed by atoms with Crippen LogP contribution in [0.15, 0.2) is 48.5 Å². The van der Waals surface area contributed by atoms with Crippen molar-refractivity contribution in [2.45, 2.75) is 19.8 Å². The van der Waals surface area contributed by atoms with Gasteiger partial charge in [-0.05, 0) is 37.6 Å². The van der Waals surface area contributed by atoms with Crippen molar-refractivity contribution in [1.82, 2.24) is 9.80 Å². The minimum atomic E-state index is -0.480. The number of hydrogen-bond acceptors (Lipinski definition) is 4. The molecule has 3 rings (SSSR count). The summed E-state index contributed by atoms with van der Waals surface area (Å²) < 4.78 is 19.5. The first-order valence-electron chi connectivity index (χ1n) is 10.0. The molecule has 1 aliphatic heterocycles. The fraction of sp³-hybridized carbons (Fsp3) is 0.391. The van der Waals surface area contributed by atoms with Gasteiger partial charge in [-0.1, -0.05) is 29.8 Å². The van der Waals surface area contributed by atoms with Crippen molar-refractivity contribution < 1.29 is 18.7 Å². The average molecular weight is 398 g/mol. The molecule has 5 nitrogen and oxygen atoms in total. The van der Waals surface area contributed by atoms with Gasteiger partial charge in [-0.3, -0.25) is 14.5 Å². The molecule has 1 fully saturated rings. The van der Waals surface area contributed by atoms with Crippen molar-refractivity contribution in [2.24, 2.45) is 0 Å². The van der Waals surface area contributed by atoms with E-state index in [1.807, 2.05) is 47.1 Å². The van der Waals surface area contributed by atoms with Crippen molar-refractivity contribution in [2.75, 3.05) is 39.3 Å². The Hall–Kier alpha value is -2.73. The van der Waals surface area contributed by atoms with E-state index in [1.54, 1.807) is 12.1 Å². The molecule has 0 unspecified atom stereocenters. The fourth-order valence-corrected chi connectivity index (χ4v) is 3.38. The third-order valence-corrected chi connectivity index (χ3v) is 5.06. The normalized spacial score (nSPS) is 14.6. The Morgan fingerprint density at radius 1 is 1.03 bits per heavy atom. The Kier molecular flexibility index (Phi) is 7.36. The molecule has 0 saturated carbocycles. The molecule has 1 amide bonds. The van der Waals surface area contributed by atoms with Crippen molar-refractivity contribution in [3.63, 3.8) is 0 Å². The lowest BCUT2D eigenvalue weighted by molar-refractivity contribution is -0.133. The average Bonchev–Trinajstić information content (AvgIpc) is 2.74. The van der Waals surface area contributed by atoms with Gasteiger partial charge in [0.15, 0.2) is 5.78 Å². The van der Waals surface area contributed by atoms with Crippen LogP contribution < -0.4 is 4.74 Å². The number of nitrogens with zero attached hydrogens (tertiary/aromatic N) is 2. The van der Waals surface area contributed by atoms with E-state index in [-0.39, 0.29) is 23.8 Å². The lowest BCUT2D eigenvalue weighted by atomic mass is 10.1. The standard InChI is InChI=1S/C23H27FN2O3/c1-18-9-10-21(24)20(16-18)22(27)17-25-11-13-26(14-12-25)23(28)8-5-15-29-19-6-3-2-4-7-19/h2-4,6-7,9-10,16H,5,8,11-15,17H2,1H3. The Morgan fingerprint density at radius 2 is 1.76 bits per heavy atom. The van der Waals surface area contributed by atoms with E-state index in [0.717, 1.165) is 11.3 Å². The summed E-state index contributed by atoms with van der Waals surface area (Å²) in [6.07, 6.45) is 1.11. The zero-order valence-electron chi connectivity index (χ0n) is 16.8. The molecule has 0 spiro atoms. The van der Waals surface area contributed by atoms with Gasteiger partial charge >= 0.3 is 0 Å². The summed E-state index contributed by atoms with van der Waals surface area (Å²) in [6.45, 7) is 4.92. The van der Waals surface area contributed by atoms with Gasteiger partial charge in [0.25, 0.3) is 0 Å². The second-order valence-electron chi connectivity index (χ2n) is 7.33. The molecule has 6 heteroatoms. The molecule has 0 aromatic heterocycles. The van der Waals surface area contributed by atoms with Crippen LogP contribution in [0.1, 0.15) is 28.8 Å². The van der Waals surface area contributed by atoms with Gasteiger partial charge < -0.3 is 9.64 Å². The number of halogens is 1. The van der Waals surface area contributed by atoms with E-state index >= 15 is 0 Å². The first kappa shape index (κ1) is 21.0. The number of benzene rings is 2. The van der Waals surface area contributed by atoms with Crippen LogP contribution in [0.25, 0.3) is 0 Å². The van der Waals surface area contributed by atoms with Gasteiger partial charge in [-0.15, -0.1) is 0 Å². The molecule has 29 heavy (non-hydrogen) atoms. The van der Waals surface area contributed by atoms with Gasteiger partial charge in [0.1, 0.15) is 11.6 Å². The minimum Gasteiger partial charge on any atom is -0.494 e. The summed E-state index contributed by atoms with van der Waals surface area (Å²) in [4.78, 5) is 28.6. The first-order chi connectivity index (χ1) is 14.0. The van der Waals surface area contributed by atoms with E-state index in [9.17, 15) is 14.0 Å². The number of carbonyl (C=O) groups excluding carboxylic acids is 2. The van der Waals surface area contributed by atoms with Gasteiger partial charge in [-0.25, -0.2) is 4.39 Å². The van der Waals surface area contributed by atoms with Gasteiger partial charge in [-0.2, -0.15) is 0 Å². The largest absolute Gasteiger partial charge is 0.494 e. The molecule has 2 aromatic carbocycles. The van der Waals surface area contributed by atoms with Crippen molar-refractivity contribution in [3.8, 4) is 5.75 Å². The quantitative estimate of drug-likeness (QED) is 0.506. The molecular formula is C23H27FN2O3. The summed E-state index contributed by atoms with van der Waals surface area (Å²) in [5, 5.41) is 0. The highest BCUT2D eigenvalue weighted by atomic mass is 19.1. The number of aryl methyl sites for hydroxylation is 1. The number of Topliss-reactive ketones (excluding diaryl/α,β-unsaturated/α-hetero) is 1. The molecule has 0 bridgehead atoms. The van der Waals surface area contributed by atoms with Crippen molar-refractivity contribution >= 4 is 11.7 Å². The van der Waals surface area contributed by atoms with E-state index in [2.05, 4.69) is 0 Å². The van der Waals surface area contributed by atoms with Crippen LogP contribution in [0.5, 0.6) is 5.75 Å². The fourth-order valence-electron chi connectivity index (χ4n) is 3.38. The maximum atomic E-state index is 13.9. The third-order valence-electron chi connectivity index (χ3n) is 5.06. The highest BCUT2D eigenvalue weighted by Gasteiger charge is 2.23. The zero-order chi connectivity index (χ0) is 20.6. The predicted octanol–water partition coefficient (Wildman–Crippen LogP) is 3.32. The Bertz CT molecular complexity index is 833. The van der Waals surface area contributed by atoms with Gasteiger partial charge in [0.2, 0.25) is 5.91 Å². The summed E-state index contributed by atoms with van der Waals surface area (Å²) in [5.41, 5.74) is 1.00. The molecular weight excluding hydrogens is 371 g/mol. The van der Waals surface area contributed by atoms with Crippen LogP contribution in [-0.4, -0.2) is 60.8 Å². The number of ketones is 1. The van der Waals surface area contributed by atoms with Crippen LogP contribution in [0.4, 0.5) is 4.39 Å².